The Labute approximate surface area is 109 Å². The van der Waals surface area contributed by atoms with Crippen LogP contribution in [0.2, 0.25) is 0 Å². The van der Waals surface area contributed by atoms with Crippen molar-refractivity contribution in [3.8, 4) is 0 Å². The number of aliphatic carboxylic acids is 1. The van der Waals surface area contributed by atoms with E-state index >= 15 is 0 Å². The number of carboxylic acids is 1. The molecule has 1 fully saturated rings. The molecule has 0 aliphatic heterocycles. The number of hydrogen-bond donors (Lipinski definition) is 1. The van der Waals surface area contributed by atoms with E-state index in [-0.39, 0.29) is 0 Å². The minimum absolute atomic E-state index is 0.527. The van der Waals surface area contributed by atoms with Gasteiger partial charge in [0.05, 0.1) is 5.41 Å². The Kier molecular flexibility index (Phi) is 4.05. The number of carbonyl (C=O) groups is 1. The fourth-order valence-electron chi connectivity index (χ4n) is 3.25. The maximum absolute atomic E-state index is 11.7. The number of benzene rings is 1. The van der Waals surface area contributed by atoms with Crippen LogP contribution in [0.15, 0.2) is 30.3 Å². The van der Waals surface area contributed by atoms with Crippen molar-refractivity contribution in [3.05, 3.63) is 35.9 Å². The molecule has 98 valence electrons. The fraction of sp³-hybridized carbons (Fsp3) is 0.562. The first kappa shape index (κ1) is 13.1. The van der Waals surface area contributed by atoms with Crippen LogP contribution in [0.5, 0.6) is 0 Å². The van der Waals surface area contributed by atoms with E-state index in [4.69, 9.17) is 0 Å². The monoisotopic (exact) mass is 246 g/mol. The van der Waals surface area contributed by atoms with Gasteiger partial charge in [-0.15, -0.1) is 0 Å². The highest BCUT2D eigenvalue weighted by atomic mass is 16.4. The molecule has 1 aromatic rings. The molecule has 2 unspecified atom stereocenters. The summed E-state index contributed by atoms with van der Waals surface area (Å²) in [5, 5.41) is 9.66. The third kappa shape index (κ3) is 2.74. The van der Waals surface area contributed by atoms with E-state index in [9.17, 15) is 9.90 Å². The zero-order valence-corrected chi connectivity index (χ0v) is 11.1. The molecule has 1 aromatic carbocycles. The van der Waals surface area contributed by atoms with E-state index in [1.54, 1.807) is 0 Å². The highest BCUT2D eigenvalue weighted by Gasteiger charge is 2.42. The van der Waals surface area contributed by atoms with Crippen LogP contribution < -0.4 is 0 Å². The molecule has 0 saturated heterocycles. The number of carboxylic acid groups (broad SMARTS) is 1. The average Bonchev–Trinajstić information content (AvgIpc) is 2.40. The van der Waals surface area contributed by atoms with Crippen molar-refractivity contribution in [1.82, 2.24) is 0 Å². The van der Waals surface area contributed by atoms with Gasteiger partial charge in [0.15, 0.2) is 0 Å². The van der Waals surface area contributed by atoms with Crippen LogP contribution in [0.3, 0.4) is 0 Å². The standard InChI is InChI=1S/C16H22O2/c1-2-13-9-6-10-16(11-13,15(17)18)12-14-7-4-3-5-8-14/h3-5,7-8,13H,2,6,9-12H2,1H3,(H,17,18). The van der Waals surface area contributed by atoms with Crippen LogP contribution in [-0.4, -0.2) is 11.1 Å². The molecule has 0 bridgehead atoms. The average molecular weight is 246 g/mol. The van der Waals surface area contributed by atoms with Gasteiger partial charge in [0.2, 0.25) is 0 Å². The smallest absolute Gasteiger partial charge is 0.309 e. The van der Waals surface area contributed by atoms with Crippen molar-refractivity contribution in [1.29, 1.82) is 0 Å². The predicted octanol–water partition coefficient (Wildman–Crippen LogP) is 3.90. The molecule has 0 heterocycles. The fourth-order valence-corrected chi connectivity index (χ4v) is 3.25. The lowest BCUT2D eigenvalue weighted by molar-refractivity contribution is -0.152. The van der Waals surface area contributed by atoms with Crippen LogP contribution >= 0.6 is 0 Å². The zero-order valence-electron chi connectivity index (χ0n) is 11.1. The van der Waals surface area contributed by atoms with E-state index in [0.717, 1.165) is 31.2 Å². The van der Waals surface area contributed by atoms with Gasteiger partial charge in [-0.25, -0.2) is 0 Å². The Morgan fingerprint density at radius 1 is 1.39 bits per heavy atom. The molecule has 2 rings (SSSR count). The summed E-state index contributed by atoms with van der Waals surface area (Å²) in [6, 6.07) is 10.0. The van der Waals surface area contributed by atoms with Crippen molar-refractivity contribution < 1.29 is 9.90 Å². The molecule has 0 amide bonds. The van der Waals surface area contributed by atoms with Crippen LogP contribution in [0.4, 0.5) is 0 Å². The molecular weight excluding hydrogens is 224 g/mol. The first-order chi connectivity index (χ1) is 8.66. The molecule has 2 nitrogen and oxygen atoms in total. The Morgan fingerprint density at radius 3 is 2.72 bits per heavy atom. The van der Waals surface area contributed by atoms with Crippen LogP contribution in [0.1, 0.15) is 44.6 Å². The van der Waals surface area contributed by atoms with Crippen LogP contribution in [-0.2, 0) is 11.2 Å². The van der Waals surface area contributed by atoms with Crippen LogP contribution in [0.25, 0.3) is 0 Å². The summed E-state index contributed by atoms with van der Waals surface area (Å²) in [6.45, 7) is 2.17. The third-order valence-electron chi connectivity index (χ3n) is 4.36. The lowest BCUT2D eigenvalue weighted by Gasteiger charge is -2.37. The summed E-state index contributed by atoms with van der Waals surface area (Å²) in [5.74, 6) is -0.0249. The van der Waals surface area contributed by atoms with E-state index in [2.05, 4.69) is 6.92 Å². The summed E-state index contributed by atoms with van der Waals surface area (Å²) in [4.78, 5) is 11.7. The van der Waals surface area contributed by atoms with E-state index < -0.39 is 11.4 Å². The second-order valence-electron chi connectivity index (χ2n) is 5.62. The van der Waals surface area contributed by atoms with Crippen molar-refractivity contribution in [2.24, 2.45) is 11.3 Å². The van der Waals surface area contributed by atoms with Crippen molar-refractivity contribution in [3.63, 3.8) is 0 Å². The molecule has 0 radical (unpaired) electrons. The zero-order chi connectivity index (χ0) is 13.0. The van der Waals surface area contributed by atoms with Crippen molar-refractivity contribution >= 4 is 5.97 Å². The van der Waals surface area contributed by atoms with Crippen LogP contribution in [0, 0.1) is 11.3 Å². The Bertz CT molecular complexity index is 399. The summed E-state index contributed by atoms with van der Waals surface area (Å²) in [5.41, 5.74) is 0.622. The normalized spacial score (nSPS) is 27.9. The first-order valence-corrected chi connectivity index (χ1v) is 6.93. The van der Waals surface area contributed by atoms with Gasteiger partial charge in [-0.3, -0.25) is 4.79 Å². The molecule has 1 aliphatic rings. The van der Waals surface area contributed by atoms with Gasteiger partial charge < -0.3 is 5.11 Å². The van der Waals surface area contributed by atoms with E-state index in [0.29, 0.717) is 12.3 Å². The Balaban J connectivity index is 2.19. The maximum atomic E-state index is 11.7. The molecular formula is C16H22O2. The van der Waals surface area contributed by atoms with E-state index in [1.807, 2.05) is 30.3 Å². The number of hydrogen-bond acceptors (Lipinski definition) is 1. The topological polar surface area (TPSA) is 37.3 Å². The highest BCUT2D eigenvalue weighted by molar-refractivity contribution is 5.75. The SMILES string of the molecule is CCC1CCCC(Cc2ccccc2)(C(=O)O)C1. The minimum atomic E-state index is -0.607. The van der Waals surface area contributed by atoms with Crippen molar-refractivity contribution in [2.45, 2.75) is 45.4 Å². The second kappa shape index (κ2) is 5.55. The molecule has 0 spiro atoms. The molecule has 18 heavy (non-hydrogen) atoms. The summed E-state index contributed by atoms with van der Waals surface area (Å²) >= 11 is 0. The Morgan fingerprint density at radius 2 is 2.11 bits per heavy atom. The molecule has 2 atom stereocenters. The van der Waals surface area contributed by atoms with Gasteiger partial charge in [0.1, 0.15) is 0 Å². The summed E-state index contributed by atoms with van der Waals surface area (Å²) < 4.78 is 0. The largest absolute Gasteiger partial charge is 0.481 e. The van der Waals surface area contributed by atoms with Gasteiger partial charge in [0, 0.05) is 0 Å². The summed E-state index contributed by atoms with van der Waals surface area (Å²) in [7, 11) is 0. The molecule has 1 N–H and O–H groups in total. The minimum Gasteiger partial charge on any atom is -0.481 e. The summed E-state index contributed by atoms with van der Waals surface area (Å²) in [6.07, 6.45) is 5.70. The number of rotatable bonds is 4. The molecule has 1 aliphatic carbocycles. The predicted molar refractivity (Wildman–Crippen MR) is 72.5 cm³/mol. The Hall–Kier alpha value is -1.31. The van der Waals surface area contributed by atoms with Gasteiger partial charge >= 0.3 is 5.97 Å². The lowest BCUT2D eigenvalue weighted by Crippen LogP contribution is -2.38. The van der Waals surface area contributed by atoms with E-state index in [1.165, 1.54) is 6.42 Å². The molecule has 2 heteroatoms. The molecule has 1 saturated carbocycles. The van der Waals surface area contributed by atoms with Gasteiger partial charge in [-0.1, -0.05) is 56.5 Å². The van der Waals surface area contributed by atoms with Crippen molar-refractivity contribution in [2.75, 3.05) is 0 Å². The lowest BCUT2D eigenvalue weighted by atomic mass is 9.66. The molecule has 0 aromatic heterocycles. The highest BCUT2D eigenvalue weighted by Crippen LogP contribution is 2.43. The van der Waals surface area contributed by atoms with Gasteiger partial charge in [0.25, 0.3) is 0 Å². The van der Waals surface area contributed by atoms with Gasteiger partial charge in [-0.2, -0.15) is 0 Å². The third-order valence-corrected chi connectivity index (χ3v) is 4.36. The quantitative estimate of drug-likeness (QED) is 0.874. The second-order valence-corrected chi connectivity index (χ2v) is 5.62. The maximum Gasteiger partial charge on any atom is 0.309 e. The van der Waals surface area contributed by atoms with Gasteiger partial charge in [-0.05, 0) is 30.7 Å². The first-order valence-electron chi connectivity index (χ1n) is 6.93.